The van der Waals surface area contributed by atoms with Crippen molar-refractivity contribution in [1.82, 2.24) is 5.32 Å². The van der Waals surface area contributed by atoms with Crippen molar-refractivity contribution >= 4 is 27.3 Å². The first-order valence-electron chi connectivity index (χ1n) is 6.64. The lowest BCUT2D eigenvalue weighted by Gasteiger charge is -2.30. The maximum atomic E-state index is 9.07. The Bertz CT molecular complexity index is 402. The van der Waals surface area contributed by atoms with Gasteiger partial charge in [-0.15, -0.1) is 11.3 Å². The van der Waals surface area contributed by atoms with Gasteiger partial charge in [0, 0.05) is 24.1 Å². The number of hydrogen-bond donors (Lipinski definition) is 2. The average Bonchev–Trinajstić information content (AvgIpc) is 2.67. The molecular weight excluding hydrogens is 310 g/mol. The molecule has 2 nitrogen and oxygen atoms in total. The minimum absolute atomic E-state index is 0.166. The Morgan fingerprint density at radius 1 is 1.56 bits per heavy atom. The van der Waals surface area contributed by atoms with Gasteiger partial charge in [-0.25, -0.2) is 0 Å². The quantitative estimate of drug-likeness (QED) is 0.857. The first-order valence-corrected chi connectivity index (χ1v) is 8.25. The van der Waals surface area contributed by atoms with E-state index in [4.69, 9.17) is 5.11 Å². The van der Waals surface area contributed by atoms with Crippen LogP contribution in [0.4, 0.5) is 0 Å². The molecule has 18 heavy (non-hydrogen) atoms. The molecule has 0 bridgehead atoms. The second-order valence-corrected chi connectivity index (χ2v) is 8.41. The number of aliphatic hydroxyl groups is 1. The van der Waals surface area contributed by atoms with Gasteiger partial charge in [0.2, 0.25) is 0 Å². The van der Waals surface area contributed by atoms with E-state index in [1.807, 2.05) is 11.3 Å². The number of aliphatic hydroxyl groups excluding tert-OH is 1. The van der Waals surface area contributed by atoms with Crippen LogP contribution in [-0.4, -0.2) is 18.3 Å². The third kappa shape index (κ3) is 3.56. The molecule has 1 aromatic heterocycles. The van der Waals surface area contributed by atoms with Gasteiger partial charge in [-0.05, 0) is 58.7 Å². The molecule has 0 amide bonds. The molecule has 102 valence electrons. The van der Waals surface area contributed by atoms with E-state index in [1.54, 1.807) is 0 Å². The molecule has 1 atom stereocenters. The normalized spacial score (nSPS) is 19.9. The summed E-state index contributed by atoms with van der Waals surface area (Å²) in [5, 5.41) is 12.8. The highest BCUT2D eigenvalue weighted by atomic mass is 79.9. The van der Waals surface area contributed by atoms with E-state index in [1.165, 1.54) is 33.5 Å². The molecule has 1 aliphatic carbocycles. The van der Waals surface area contributed by atoms with Crippen molar-refractivity contribution in [1.29, 1.82) is 0 Å². The second-order valence-electron chi connectivity index (χ2n) is 5.89. The molecule has 0 fully saturated rings. The average molecular weight is 332 g/mol. The van der Waals surface area contributed by atoms with Crippen molar-refractivity contribution in [2.75, 3.05) is 13.2 Å². The Labute approximate surface area is 122 Å². The van der Waals surface area contributed by atoms with E-state index < -0.39 is 0 Å². The largest absolute Gasteiger partial charge is 0.396 e. The van der Waals surface area contributed by atoms with Crippen molar-refractivity contribution in [2.45, 2.75) is 45.6 Å². The molecule has 0 saturated heterocycles. The van der Waals surface area contributed by atoms with Gasteiger partial charge in [-0.2, -0.15) is 0 Å². The summed E-state index contributed by atoms with van der Waals surface area (Å²) in [5.41, 5.74) is 1.65. The van der Waals surface area contributed by atoms with Crippen molar-refractivity contribution < 1.29 is 5.11 Å². The summed E-state index contributed by atoms with van der Waals surface area (Å²) in [5.74, 6) is 0. The van der Waals surface area contributed by atoms with Crippen molar-refractivity contribution in [3.63, 3.8) is 0 Å². The van der Waals surface area contributed by atoms with Crippen LogP contribution in [0.25, 0.3) is 0 Å². The zero-order valence-corrected chi connectivity index (χ0v) is 13.5. The number of halogens is 1. The summed E-state index contributed by atoms with van der Waals surface area (Å²) in [7, 11) is 0. The Morgan fingerprint density at radius 2 is 2.33 bits per heavy atom. The van der Waals surface area contributed by atoms with Gasteiger partial charge in [-0.3, -0.25) is 0 Å². The summed E-state index contributed by atoms with van der Waals surface area (Å²) in [6, 6.07) is 2.77. The fourth-order valence-corrected chi connectivity index (χ4v) is 4.34. The van der Waals surface area contributed by atoms with E-state index >= 15 is 0 Å². The second kappa shape index (κ2) is 6.04. The van der Waals surface area contributed by atoms with Crippen LogP contribution in [0.3, 0.4) is 0 Å². The number of rotatable bonds is 5. The third-order valence-corrected chi connectivity index (χ3v) is 5.41. The monoisotopic (exact) mass is 331 g/mol. The molecule has 1 unspecified atom stereocenters. The van der Waals surface area contributed by atoms with Gasteiger partial charge in [0.1, 0.15) is 0 Å². The van der Waals surface area contributed by atoms with E-state index in [9.17, 15) is 0 Å². The van der Waals surface area contributed by atoms with E-state index in [-0.39, 0.29) is 12.0 Å². The fourth-order valence-electron chi connectivity index (χ4n) is 2.52. The van der Waals surface area contributed by atoms with Crippen LogP contribution in [0.2, 0.25) is 0 Å². The van der Waals surface area contributed by atoms with E-state index in [0.717, 1.165) is 13.0 Å². The lowest BCUT2D eigenvalue weighted by atomic mass is 9.88. The predicted molar refractivity (Wildman–Crippen MR) is 81.2 cm³/mol. The highest BCUT2D eigenvalue weighted by Gasteiger charge is 2.25. The lowest BCUT2D eigenvalue weighted by Crippen LogP contribution is -2.34. The van der Waals surface area contributed by atoms with E-state index in [0.29, 0.717) is 6.04 Å². The number of nitrogens with one attached hydrogen (secondary N) is 1. The predicted octanol–water partition coefficient (Wildman–Crippen LogP) is 3.89. The summed E-state index contributed by atoms with van der Waals surface area (Å²) in [4.78, 5) is 1.53. The topological polar surface area (TPSA) is 32.3 Å². The standard InChI is InChI=1S/C14H22BrNOS/c1-14(2,6-7-17)9-16-11-4-3-5-12-10(11)8-13(15)18-12/h8,11,16-17H,3-7,9H2,1-2H3. The van der Waals surface area contributed by atoms with Gasteiger partial charge >= 0.3 is 0 Å². The van der Waals surface area contributed by atoms with Gasteiger partial charge in [0.15, 0.2) is 0 Å². The number of aryl methyl sites for hydroxylation is 1. The smallest absolute Gasteiger partial charge is 0.0704 e. The highest BCUT2D eigenvalue weighted by Crippen LogP contribution is 2.38. The molecule has 0 spiro atoms. The molecule has 0 aliphatic heterocycles. The van der Waals surface area contributed by atoms with Crippen LogP contribution in [0.15, 0.2) is 9.85 Å². The Morgan fingerprint density at radius 3 is 3.06 bits per heavy atom. The number of hydrogen-bond acceptors (Lipinski definition) is 3. The fraction of sp³-hybridized carbons (Fsp3) is 0.714. The zero-order valence-electron chi connectivity index (χ0n) is 11.1. The minimum atomic E-state index is 0.166. The Kier molecular flexibility index (Phi) is 4.86. The first kappa shape index (κ1) is 14.5. The van der Waals surface area contributed by atoms with Gasteiger partial charge in [0.25, 0.3) is 0 Å². The molecule has 2 N–H and O–H groups in total. The van der Waals surface area contributed by atoms with Crippen LogP contribution in [0.1, 0.15) is 49.6 Å². The lowest BCUT2D eigenvalue weighted by molar-refractivity contribution is 0.201. The third-order valence-electron chi connectivity index (χ3n) is 3.70. The maximum absolute atomic E-state index is 9.07. The highest BCUT2D eigenvalue weighted by molar-refractivity contribution is 9.11. The molecule has 1 aromatic rings. The van der Waals surface area contributed by atoms with Crippen LogP contribution < -0.4 is 5.32 Å². The molecule has 0 aromatic carbocycles. The molecule has 0 radical (unpaired) electrons. The van der Waals surface area contributed by atoms with E-state index in [2.05, 4.69) is 41.2 Å². The van der Waals surface area contributed by atoms with Crippen molar-refractivity contribution in [2.24, 2.45) is 5.41 Å². The van der Waals surface area contributed by atoms with Crippen molar-refractivity contribution in [3.8, 4) is 0 Å². The molecular formula is C14H22BrNOS. The number of fused-ring (bicyclic) bond motifs is 1. The SMILES string of the molecule is CC(C)(CCO)CNC1CCCc2sc(Br)cc21. The Hall–Kier alpha value is 0.100. The van der Waals surface area contributed by atoms with Crippen LogP contribution in [0.5, 0.6) is 0 Å². The van der Waals surface area contributed by atoms with Gasteiger partial charge in [-0.1, -0.05) is 13.8 Å². The van der Waals surface area contributed by atoms with Crippen LogP contribution >= 0.6 is 27.3 Å². The Balaban J connectivity index is 1.99. The summed E-state index contributed by atoms with van der Waals surface area (Å²) < 4.78 is 1.25. The van der Waals surface area contributed by atoms with Crippen molar-refractivity contribution in [3.05, 3.63) is 20.3 Å². The van der Waals surface area contributed by atoms with Crippen LogP contribution in [0, 0.1) is 5.41 Å². The molecule has 4 heteroatoms. The molecule has 1 heterocycles. The first-order chi connectivity index (χ1) is 8.52. The number of thiophene rings is 1. The molecule has 1 aliphatic rings. The van der Waals surface area contributed by atoms with Crippen LogP contribution in [-0.2, 0) is 6.42 Å². The van der Waals surface area contributed by atoms with Gasteiger partial charge < -0.3 is 10.4 Å². The molecule has 0 saturated carbocycles. The van der Waals surface area contributed by atoms with Gasteiger partial charge in [0.05, 0.1) is 3.79 Å². The maximum Gasteiger partial charge on any atom is 0.0704 e. The summed E-state index contributed by atoms with van der Waals surface area (Å²) >= 11 is 5.47. The molecule has 2 rings (SSSR count). The summed E-state index contributed by atoms with van der Waals surface area (Å²) in [6.45, 7) is 5.66. The zero-order chi connectivity index (χ0) is 13.2. The minimum Gasteiger partial charge on any atom is -0.396 e. The summed E-state index contributed by atoms with van der Waals surface area (Å²) in [6.07, 6.45) is 4.58.